The average molecular weight is 535 g/mol. The summed E-state index contributed by atoms with van der Waals surface area (Å²) in [5.41, 5.74) is 1.13. The monoisotopic (exact) mass is 534 g/mol. The van der Waals surface area contributed by atoms with Gasteiger partial charge >= 0.3 is 11.9 Å². The van der Waals surface area contributed by atoms with Crippen LogP contribution in [0.1, 0.15) is 20.8 Å². The maximum Gasteiger partial charge on any atom is 0.357 e. The maximum absolute atomic E-state index is 13.2. The minimum absolute atomic E-state index is 0.0489. The van der Waals surface area contributed by atoms with E-state index in [9.17, 15) is 9.59 Å². The summed E-state index contributed by atoms with van der Waals surface area (Å²) in [5, 5.41) is 4.74. The first-order valence-electron chi connectivity index (χ1n) is 11.4. The van der Waals surface area contributed by atoms with E-state index >= 15 is 0 Å². The van der Waals surface area contributed by atoms with E-state index in [0.29, 0.717) is 33.4 Å². The van der Waals surface area contributed by atoms with Gasteiger partial charge in [-0.3, -0.25) is 0 Å². The topological polar surface area (TPSA) is 98.1 Å². The van der Waals surface area contributed by atoms with Crippen LogP contribution >= 0.6 is 11.8 Å². The third-order valence-corrected chi connectivity index (χ3v) is 6.79. The Morgan fingerprint density at radius 3 is 2.08 bits per heavy atom. The normalized spacial score (nSPS) is 10.6. The number of hydrogen-bond donors (Lipinski definition) is 0. The summed E-state index contributed by atoms with van der Waals surface area (Å²) in [4.78, 5) is 27.7. The van der Waals surface area contributed by atoms with Crippen molar-refractivity contribution in [3.63, 3.8) is 0 Å². The van der Waals surface area contributed by atoms with Gasteiger partial charge in [0.05, 0.1) is 51.7 Å². The Kier molecular flexibility index (Phi) is 8.22. The molecule has 0 amide bonds. The highest BCUT2D eigenvalue weighted by molar-refractivity contribution is 7.99. The van der Waals surface area contributed by atoms with Crippen LogP contribution in [0.3, 0.4) is 0 Å². The molecule has 0 saturated heterocycles. The summed E-state index contributed by atoms with van der Waals surface area (Å²) in [6.45, 7) is 0. The van der Waals surface area contributed by atoms with Gasteiger partial charge in [0.25, 0.3) is 0 Å². The third kappa shape index (κ3) is 5.03. The SMILES string of the molecule is COC(=O)c1c(-c2c(OC)cccc2Sc2cc(OC)ccc2OC)nn(-c2ccccc2)c1C(=O)OC. The van der Waals surface area contributed by atoms with E-state index in [1.807, 2.05) is 24.3 Å². The van der Waals surface area contributed by atoms with Crippen molar-refractivity contribution in [3.05, 3.63) is 78.0 Å². The quantitative estimate of drug-likeness (QED) is 0.265. The molecule has 1 aromatic heterocycles. The predicted molar refractivity (Wildman–Crippen MR) is 142 cm³/mol. The number of nitrogens with zero attached hydrogens (tertiary/aromatic N) is 2. The molecule has 196 valence electrons. The third-order valence-electron chi connectivity index (χ3n) is 5.69. The van der Waals surface area contributed by atoms with Crippen molar-refractivity contribution in [3.8, 4) is 34.2 Å². The van der Waals surface area contributed by atoms with Crippen LogP contribution in [-0.2, 0) is 9.47 Å². The molecule has 0 radical (unpaired) electrons. The van der Waals surface area contributed by atoms with Gasteiger partial charge in [-0.05, 0) is 42.5 Å². The number of rotatable bonds is 9. The number of methoxy groups -OCH3 is 5. The lowest BCUT2D eigenvalue weighted by molar-refractivity contribution is 0.0549. The molecule has 0 N–H and O–H groups in total. The maximum atomic E-state index is 13.2. The van der Waals surface area contributed by atoms with E-state index in [1.54, 1.807) is 56.7 Å². The van der Waals surface area contributed by atoms with Crippen molar-refractivity contribution in [2.75, 3.05) is 35.5 Å². The van der Waals surface area contributed by atoms with Crippen LogP contribution in [0.25, 0.3) is 16.9 Å². The zero-order valence-electron chi connectivity index (χ0n) is 21.5. The second-order valence-corrected chi connectivity index (χ2v) is 8.84. The van der Waals surface area contributed by atoms with E-state index in [1.165, 1.54) is 37.8 Å². The largest absolute Gasteiger partial charge is 0.497 e. The van der Waals surface area contributed by atoms with Crippen molar-refractivity contribution in [2.45, 2.75) is 9.79 Å². The Labute approximate surface area is 224 Å². The smallest absolute Gasteiger partial charge is 0.357 e. The fraction of sp³-hybridized carbons (Fsp3) is 0.179. The summed E-state index contributed by atoms with van der Waals surface area (Å²) in [7, 11) is 7.17. The minimum Gasteiger partial charge on any atom is -0.497 e. The van der Waals surface area contributed by atoms with Crippen LogP contribution in [0.5, 0.6) is 17.2 Å². The molecule has 4 rings (SSSR count). The van der Waals surface area contributed by atoms with Crippen molar-refractivity contribution < 1.29 is 33.3 Å². The van der Waals surface area contributed by atoms with Gasteiger partial charge < -0.3 is 23.7 Å². The van der Waals surface area contributed by atoms with Crippen LogP contribution in [0.4, 0.5) is 0 Å². The second-order valence-electron chi connectivity index (χ2n) is 7.75. The molecule has 3 aromatic carbocycles. The first kappa shape index (κ1) is 26.6. The Balaban J connectivity index is 2.03. The van der Waals surface area contributed by atoms with Crippen LogP contribution in [-0.4, -0.2) is 57.3 Å². The van der Waals surface area contributed by atoms with Crippen LogP contribution in [0.2, 0.25) is 0 Å². The number of ether oxygens (including phenoxy) is 5. The molecule has 4 aromatic rings. The molecule has 0 aliphatic carbocycles. The highest BCUT2D eigenvalue weighted by Crippen LogP contribution is 2.46. The number of aromatic nitrogens is 2. The van der Waals surface area contributed by atoms with Crippen molar-refractivity contribution >= 4 is 23.7 Å². The Hall–Kier alpha value is -4.44. The number of carbonyl (C=O) groups is 2. The van der Waals surface area contributed by atoms with Gasteiger partial charge in [-0.2, -0.15) is 5.10 Å². The highest BCUT2D eigenvalue weighted by Gasteiger charge is 2.33. The zero-order valence-corrected chi connectivity index (χ0v) is 22.3. The van der Waals surface area contributed by atoms with Gasteiger partial charge in [0.1, 0.15) is 28.5 Å². The van der Waals surface area contributed by atoms with E-state index in [4.69, 9.17) is 28.8 Å². The van der Waals surface area contributed by atoms with Crippen LogP contribution in [0.15, 0.2) is 76.5 Å². The highest BCUT2D eigenvalue weighted by atomic mass is 32.2. The zero-order chi connectivity index (χ0) is 27.2. The number of benzene rings is 3. The molecule has 0 unspecified atom stereocenters. The number of para-hydroxylation sites is 1. The first-order valence-corrected chi connectivity index (χ1v) is 12.2. The van der Waals surface area contributed by atoms with E-state index in [-0.39, 0.29) is 17.0 Å². The van der Waals surface area contributed by atoms with Gasteiger partial charge in [0, 0.05) is 4.90 Å². The fourth-order valence-electron chi connectivity index (χ4n) is 3.91. The average Bonchev–Trinajstić information content (AvgIpc) is 3.36. The molecule has 0 atom stereocenters. The molecular weight excluding hydrogens is 508 g/mol. The van der Waals surface area contributed by atoms with Crippen molar-refractivity contribution in [2.24, 2.45) is 0 Å². The lowest BCUT2D eigenvalue weighted by Gasteiger charge is -2.15. The lowest BCUT2D eigenvalue weighted by Crippen LogP contribution is -2.15. The Bertz CT molecular complexity index is 1470. The lowest BCUT2D eigenvalue weighted by atomic mass is 10.0. The number of hydrogen-bond acceptors (Lipinski definition) is 9. The number of esters is 2. The Morgan fingerprint density at radius 1 is 0.737 bits per heavy atom. The fourth-order valence-corrected chi connectivity index (χ4v) is 5.02. The Morgan fingerprint density at radius 2 is 1.45 bits per heavy atom. The van der Waals surface area contributed by atoms with Crippen LogP contribution < -0.4 is 14.2 Å². The molecule has 0 fully saturated rings. The summed E-state index contributed by atoms with van der Waals surface area (Å²) < 4.78 is 28.2. The molecule has 0 bridgehead atoms. The van der Waals surface area contributed by atoms with Gasteiger partial charge in [-0.1, -0.05) is 36.0 Å². The van der Waals surface area contributed by atoms with E-state index < -0.39 is 11.9 Å². The molecule has 10 heteroatoms. The van der Waals surface area contributed by atoms with Gasteiger partial charge in [0.2, 0.25) is 0 Å². The predicted octanol–water partition coefficient (Wildman–Crippen LogP) is 5.29. The second kappa shape index (κ2) is 11.7. The summed E-state index contributed by atoms with van der Waals surface area (Å²) in [6.07, 6.45) is 0. The van der Waals surface area contributed by atoms with E-state index in [2.05, 4.69) is 0 Å². The van der Waals surface area contributed by atoms with E-state index in [0.717, 1.165) is 4.90 Å². The van der Waals surface area contributed by atoms with Crippen molar-refractivity contribution in [1.29, 1.82) is 0 Å². The molecule has 0 aliphatic rings. The molecule has 0 spiro atoms. The number of carbonyl (C=O) groups excluding carboxylic acids is 2. The standard InChI is InChI=1S/C28H26N2O7S/c1-33-18-14-15-19(34-2)22(16-18)38-21-13-9-12-20(35-3)23(21)25-24(27(31)36-4)26(28(32)37-5)30(29-25)17-10-7-6-8-11-17/h6-16H,1-5H3. The molecule has 9 nitrogen and oxygen atoms in total. The molecular formula is C28H26N2O7S. The van der Waals surface area contributed by atoms with Gasteiger partial charge in [0.15, 0.2) is 5.69 Å². The van der Waals surface area contributed by atoms with Gasteiger partial charge in [-0.25, -0.2) is 14.3 Å². The van der Waals surface area contributed by atoms with Crippen LogP contribution in [0, 0.1) is 0 Å². The molecule has 0 aliphatic heterocycles. The van der Waals surface area contributed by atoms with Gasteiger partial charge in [-0.15, -0.1) is 0 Å². The first-order chi connectivity index (χ1) is 18.5. The minimum atomic E-state index is -0.747. The molecule has 0 saturated carbocycles. The molecule has 38 heavy (non-hydrogen) atoms. The summed E-state index contributed by atoms with van der Waals surface area (Å²) in [5.74, 6) is 0.225. The summed E-state index contributed by atoms with van der Waals surface area (Å²) >= 11 is 1.37. The summed E-state index contributed by atoms with van der Waals surface area (Å²) in [6, 6.07) is 19.9. The van der Waals surface area contributed by atoms with Crippen molar-refractivity contribution in [1.82, 2.24) is 9.78 Å². The molecule has 1 heterocycles.